The first-order valence-corrected chi connectivity index (χ1v) is 10.2. The number of anilines is 1. The first kappa shape index (κ1) is 20.0. The number of nitrogens with one attached hydrogen (secondary N) is 2. The topological polar surface area (TPSA) is 71.3 Å². The quantitative estimate of drug-likeness (QED) is 0.558. The van der Waals surface area contributed by atoms with Gasteiger partial charge in [-0.1, -0.05) is 35.9 Å². The SMILES string of the molecule is O=C(CSCc1cccc(Cl)c1)Nc1ccccc1C(=O)NCc1ccco1. The second-order valence-corrected chi connectivity index (χ2v) is 7.40. The van der Waals surface area contributed by atoms with Crippen LogP contribution in [-0.2, 0) is 17.1 Å². The van der Waals surface area contributed by atoms with Gasteiger partial charge >= 0.3 is 0 Å². The molecule has 2 aromatic carbocycles. The molecule has 7 heteroatoms. The lowest BCUT2D eigenvalue weighted by molar-refractivity contribution is -0.113. The molecule has 0 saturated heterocycles. The van der Waals surface area contributed by atoms with Gasteiger partial charge in [-0.2, -0.15) is 0 Å². The van der Waals surface area contributed by atoms with E-state index in [-0.39, 0.29) is 24.1 Å². The Morgan fingerprint density at radius 1 is 1.04 bits per heavy atom. The first-order valence-electron chi connectivity index (χ1n) is 8.63. The zero-order valence-corrected chi connectivity index (χ0v) is 16.6. The van der Waals surface area contributed by atoms with Crippen molar-refractivity contribution in [1.29, 1.82) is 0 Å². The van der Waals surface area contributed by atoms with Gasteiger partial charge in [0, 0.05) is 10.8 Å². The maximum absolute atomic E-state index is 12.5. The number of benzene rings is 2. The molecule has 1 aromatic heterocycles. The molecule has 0 atom stereocenters. The minimum absolute atomic E-state index is 0.168. The van der Waals surface area contributed by atoms with Crippen molar-refractivity contribution in [3.8, 4) is 0 Å². The number of halogens is 1. The number of rotatable bonds is 8. The summed E-state index contributed by atoms with van der Waals surface area (Å²) in [5.41, 5.74) is 1.94. The van der Waals surface area contributed by atoms with Gasteiger partial charge in [-0.15, -0.1) is 11.8 Å². The highest BCUT2D eigenvalue weighted by atomic mass is 35.5. The zero-order chi connectivity index (χ0) is 19.8. The van der Waals surface area contributed by atoms with Crippen LogP contribution in [0.15, 0.2) is 71.3 Å². The monoisotopic (exact) mass is 414 g/mol. The van der Waals surface area contributed by atoms with Crippen molar-refractivity contribution in [3.63, 3.8) is 0 Å². The summed E-state index contributed by atoms with van der Waals surface area (Å²) in [5, 5.41) is 6.27. The van der Waals surface area contributed by atoms with Gasteiger partial charge in [0.2, 0.25) is 5.91 Å². The molecule has 0 unspecified atom stereocenters. The van der Waals surface area contributed by atoms with Crippen molar-refractivity contribution in [2.24, 2.45) is 0 Å². The lowest BCUT2D eigenvalue weighted by Gasteiger charge is -2.11. The van der Waals surface area contributed by atoms with Crippen LogP contribution in [0, 0.1) is 0 Å². The number of carbonyl (C=O) groups is 2. The molecule has 5 nitrogen and oxygen atoms in total. The zero-order valence-electron chi connectivity index (χ0n) is 15.0. The third kappa shape index (κ3) is 5.90. The van der Waals surface area contributed by atoms with Gasteiger partial charge in [-0.05, 0) is 42.0 Å². The fourth-order valence-electron chi connectivity index (χ4n) is 2.54. The van der Waals surface area contributed by atoms with E-state index in [1.165, 1.54) is 11.8 Å². The van der Waals surface area contributed by atoms with Crippen LogP contribution in [0.3, 0.4) is 0 Å². The van der Waals surface area contributed by atoms with E-state index in [0.717, 1.165) is 5.56 Å². The molecular formula is C21H19ClN2O3S. The molecule has 0 fully saturated rings. The van der Waals surface area contributed by atoms with Crippen molar-refractivity contribution in [3.05, 3.63) is 88.8 Å². The van der Waals surface area contributed by atoms with Gasteiger partial charge in [0.05, 0.1) is 29.8 Å². The lowest BCUT2D eigenvalue weighted by atomic mass is 10.1. The molecule has 0 aliphatic carbocycles. The van der Waals surface area contributed by atoms with Gasteiger partial charge in [0.15, 0.2) is 0 Å². The Hall–Kier alpha value is -2.70. The number of hydrogen-bond acceptors (Lipinski definition) is 4. The molecule has 144 valence electrons. The summed E-state index contributed by atoms with van der Waals surface area (Å²) in [4.78, 5) is 24.7. The molecule has 0 bridgehead atoms. The summed E-state index contributed by atoms with van der Waals surface area (Å²) in [6.45, 7) is 0.281. The molecule has 0 aliphatic heterocycles. The molecule has 28 heavy (non-hydrogen) atoms. The Morgan fingerprint density at radius 3 is 2.68 bits per heavy atom. The van der Waals surface area contributed by atoms with E-state index in [1.54, 1.807) is 42.7 Å². The number of carbonyl (C=O) groups excluding carboxylic acids is 2. The lowest BCUT2D eigenvalue weighted by Crippen LogP contribution is -2.25. The van der Waals surface area contributed by atoms with E-state index >= 15 is 0 Å². The minimum Gasteiger partial charge on any atom is -0.467 e. The van der Waals surface area contributed by atoms with E-state index in [2.05, 4.69) is 10.6 Å². The first-order chi connectivity index (χ1) is 13.6. The van der Waals surface area contributed by atoms with Crippen LogP contribution in [0.5, 0.6) is 0 Å². The van der Waals surface area contributed by atoms with Crippen molar-refractivity contribution in [2.45, 2.75) is 12.3 Å². The normalized spacial score (nSPS) is 10.5. The fourth-order valence-corrected chi connectivity index (χ4v) is 3.53. The molecule has 2 N–H and O–H groups in total. The second-order valence-electron chi connectivity index (χ2n) is 5.98. The standard InChI is InChI=1S/C21H19ClN2O3S/c22-16-6-3-5-15(11-16)13-28-14-20(25)24-19-9-2-1-8-18(19)21(26)23-12-17-7-4-10-27-17/h1-11H,12-14H2,(H,23,26)(H,24,25). The molecule has 0 radical (unpaired) electrons. The Bertz CT molecular complexity index is 944. The summed E-state index contributed by atoms with van der Waals surface area (Å²) in [5.74, 6) is 1.16. The molecular weight excluding hydrogens is 396 g/mol. The number of hydrogen-bond donors (Lipinski definition) is 2. The predicted molar refractivity (Wildman–Crippen MR) is 113 cm³/mol. The van der Waals surface area contributed by atoms with Gasteiger partial charge < -0.3 is 15.1 Å². The van der Waals surface area contributed by atoms with Crippen LogP contribution in [0.2, 0.25) is 5.02 Å². The molecule has 0 aliphatic rings. The Morgan fingerprint density at radius 2 is 1.89 bits per heavy atom. The molecule has 1 heterocycles. The summed E-state index contributed by atoms with van der Waals surface area (Å²) in [7, 11) is 0. The molecule has 3 rings (SSSR count). The van der Waals surface area contributed by atoms with E-state index in [0.29, 0.717) is 27.8 Å². The van der Waals surface area contributed by atoms with E-state index in [4.69, 9.17) is 16.0 Å². The largest absolute Gasteiger partial charge is 0.467 e. The van der Waals surface area contributed by atoms with E-state index < -0.39 is 0 Å². The Labute approximate surface area is 172 Å². The summed E-state index contributed by atoms with van der Waals surface area (Å²) in [6.07, 6.45) is 1.55. The van der Waals surface area contributed by atoms with Crippen LogP contribution < -0.4 is 10.6 Å². The highest BCUT2D eigenvalue weighted by Crippen LogP contribution is 2.19. The highest BCUT2D eigenvalue weighted by Gasteiger charge is 2.13. The molecule has 3 aromatic rings. The third-order valence-corrected chi connectivity index (χ3v) is 5.08. The summed E-state index contributed by atoms with van der Waals surface area (Å²) >= 11 is 7.45. The number of thioether (sulfide) groups is 1. The van der Waals surface area contributed by atoms with Crippen molar-refractivity contribution in [2.75, 3.05) is 11.1 Å². The second kappa shape index (κ2) is 10.0. The van der Waals surface area contributed by atoms with Crippen LogP contribution >= 0.6 is 23.4 Å². The van der Waals surface area contributed by atoms with Gasteiger partial charge in [0.1, 0.15) is 5.76 Å². The predicted octanol–water partition coefficient (Wildman–Crippen LogP) is 4.73. The molecule has 0 saturated carbocycles. The minimum atomic E-state index is -0.279. The third-order valence-electron chi connectivity index (χ3n) is 3.84. The van der Waals surface area contributed by atoms with Crippen molar-refractivity contribution >= 4 is 40.9 Å². The summed E-state index contributed by atoms with van der Waals surface area (Å²) in [6, 6.07) is 18.0. The number of para-hydroxylation sites is 1. The Kier molecular flexibility index (Phi) is 7.17. The molecule has 0 spiro atoms. The van der Waals surface area contributed by atoms with Crippen LogP contribution in [-0.4, -0.2) is 17.6 Å². The smallest absolute Gasteiger partial charge is 0.253 e. The number of amides is 2. The average Bonchev–Trinajstić information content (AvgIpc) is 3.20. The van der Waals surface area contributed by atoms with Crippen molar-refractivity contribution in [1.82, 2.24) is 5.32 Å². The fraction of sp³-hybridized carbons (Fsp3) is 0.143. The Balaban J connectivity index is 1.53. The van der Waals surface area contributed by atoms with Crippen LogP contribution in [0.25, 0.3) is 0 Å². The maximum atomic E-state index is 12.5. The maximum Gasteiger partial charge on any atom is 0.253 e. The average molecular weight is 415 g/mol. The van der Waals surface area contributed by atoms with Crippen LogP contribution in [0.1, 0.15) is 21.7 Å². The highest BCUT2D eigenvalue weighted by molar-refractivity contribution is 7.99. The van der Waals surface area contributed by atoms with Gasteiger partial charge in [-0.3, -0.25) is 9.59 Å². The van der Waals surface area contributed by atoms with Gasteiger partial charge in [-0.25, -0.2) is 0 Å². The van der Waals surface area contributed by atoms with Gasteiger partial charge in [0.25, 0.3) is 5.91 Å². The van der Waals surface area contributed by atoms with Crippen molar-refractivity contribution < 1.29 is 14.0 Å². The van der Waals surface area contributed by atoms with E-state index in [1.807, 2.05) is 24.3 Å². The van der Waals surface area contributed by atoms with E-state index in [9.17, 15) is 9.59 Å². The molecule has 2 amide bonds. The van der Waals surface area contributed by atoms with Crippen LogP contribution in [0.4, 0.5) is 5.69 Å². The number of furan rings is 1. The summed E-state index contributed by atoms with van der Waals surface area (Å²) < 4.78 is 5.21.